The Kier molecular flexibility index (Phi) is 8.18. The molecular weight excluding hydrogens is 444 g/mol. The second kappa shape index (κ2) is 11.1. The third kappa shape index (κ3) is 5.42. The monoisotopic (exact) mass is 478 g/mol. The van der Waals surface area contributed by atoms with Gasteiger partial charge in [0.05, 0.1) is 19.3 Å². The topological polar surface area (TPSA) is 18.5 Å². The first kappa shape index (κ1) is 25.0. The Labute approximate surface area is 199 Å². The standard InChI is InChI=1S/C28H34F4O2/c1-3-33-24-15-14-23(27(31)28(24)32)19-8-11-21(12-9-19)34-16-20-10-13-22(26(30)25(20)29)18-6-4-17(2)5-7-18/h10,13-15,17-19,21H,3-9,11-12,16H2,1-2H3. The summed E-state index contributed by atoms with van der Waals surface area (Å²) in [5.74, 6) is -2.77. The van der Waals surface area contributed by atoms with Gasteiger partial charge >= 0.3 is 0 Å². The van der Waals surface area contributed by atoms with E-state index in [9.17, 15) is 17.6 Å². The molecule has 2 aliphatic carbocycles. The first-order chi connectivity index (χ1) is 16.4. The zero-order valence-corrected chi connectivity index (χ0v) is 20.0. The van der Waals surface area contributed by atoms with Gasteiger partial charge < -0.3 is 9.47 Å². The molecule has 2 aromatic rings. The lowest BCUT2D eigenvalue weighted by Gasteiger charge is -2.29. The molecule has 0 bridgehead atoms. The van der Waals surface area contributed by atoms with Crippen LogP contribution in [0.1, 0.15) is 93.7 Å². The Bertz CT molecular complexity index is 977. The molecule has 2 nitrogen and oxygen atoms in total. The highest BCUT2D eigenvalue weighted by Gasteiger charge is 2.28. The van der Waals surface area contributed by atoms with Crippen molar-refractivity contribution in [3.63, 3.8) is 0 Å². The van der Waals surface area contributed by atoms with Crippen molar-refractivity contribution >= 4 is 0 Å². The molecule has 0 aromatic heterocycles. The number of hydrogen-bond donors (Lipinski definition) is 0. The highest BCUT2D eigenvalue weighted by atomic mass is 19.2. The quantitative estimate of drug-likeness (QED) is 0.374. The molecule has 0 unspecified atom stereocenters. The van der Waals surface area contributed by atoms with E-state index in [1.807, 2.05) is 0 Å². The summed E-state index contributed by atoms with van der Waals surface area (Å²) in [6.07, 6.45) is 6.37. The summed E-state index contributed by atoms with van der Waals surface area (Å²) in [6, 6.07) is 6.45. The second-order valence-electron chi connectivity index (χ2n) is 9.90. The molecule has 0 heterocycles. The summed E-state index contributed by atoms with van der Waals surface area (Å²) in [5.41, 5.74) is 1.07. The average Bonchev–Trinajstić information content (AvgIpc) is 2.84. The van der Waals surface area contributed by atoms with Gasteiger partial charge in [0.25, 0.3) is 0 Å². The highest BCUT2D eigenvalue weighted by Crippen LogP contribution is 2.39. The van der Waals surface area contributed by atoms with Crippen LogP contribution in [0.4, 0.5) is 17.6 Å². The second-order valence-corrected chi connectivity index (χ2v) is 9.90. The van der Waals surface area contributed by atoms with E-state index in [2.05, 4.69) is 6.92 Å². The molecule has 6 heteroatoms. The number of halogens is 4. The lowest BCUT2D eigenvalue weighted by Crippen LogP contribution is -2.22. The summed E-state index contributed by atoms with van der Waals surface area (Å²) in [4.78, 5) is 0. The van der Waals surface area contributed by atoms with Crippen LogP contribution in [0.25, 0.3) is 0 Å². The van der Waals surface area contributed by atoms with Crippen LogP contribution in [0.15, 0.2) is 24.3 Å². The van der Waals surface area contributed by atoms with Gasteiger partial charge in [-0.1, -0.05) is 38.0 Å². The Balaban J connectivity index is 1.32. The minimum absolute atomic E-state index is 0.00606. The first-order valence-corrected chi connectivity index (χ1v) is 12.6. The summed E-state index contributed by atoms with van der Waals surface area (Å²) in [5, 5.41) is 0. The van der Waals surface area contributed by atoms with Crippen molar-refractivity contribution in [1.29, 1.82) is 0 Å². The zero-order valence-electron chi connectivity index (χ0n) is 20.0. The lowest BCUT2D eigenvalue weighted by molar-refractivity contribution is 0.0116. The molecule has 34 heavy (non-hydrogen) atoms. The molecular formula is C28H34F4O2. The Morgan fingerprint density at radius 1 is 0.706 bits per heavy atom. The van der Waals surface area contributed by atoms with Crippen molar-refractivity contribution < 1.29 is 27.0 Å². The Morgan fingerprint density at radius 3 is 1.88 bits per heavy atom. The molecule has 0 atom stereocenters. The van der Waals surface area contributed by atoms with Crippen LogP contribution in [0.5, 0.6) is 5.75 Å². The van der Waals surface area contributed by atoms with Crippen molar-refractivity contribution in [2.75, 3.05) is 6.61 Å². The SMILES string of the molecule is CCOc1ccc(C2CCC(OCc3ccc(C4CCC(C)CC4)c(F)c3F)CC2)c(F)c1F. The molecule has 0 N–H and O–H groups in total. The van der Waals surface area contributed by atoms with E-state index in [1.54, 1.807) is 25.1 Å². The predicted octanol–water partition coefficient (Wildman–Crippen LogP) is 8.18. The number of ether oxygens (including phenoxy) is 2. The van der Waals surface area contributed by atoms with Crippen LogP contribution in [-0.2, 0) is 11.3 Å². The van der Waals surface area contributed by atoms with Crippen LogP contribution in [0, 0.1) is 29.2 Å². The van der Waals surface area contributed by atoms with Crippen LogP contribution in [-0.4, -0.2) is 12.7 Å². The number of hydrogen-bond acceptors (Lipinski definition) is 2. The molecule has 0 saturated heterocycles. The van der Waals surface area contributed by atoms with Gasteiger partial charge in [-0.15, -0.1) is 0 Å². The Morgan fingerprint density at radius 2 is 1.26 bits per heavy atom. The molecule has 2 aromatic carbocycles. The third-order valence-electron chi connectivity index (χ3n) is 7.61. The van der Waals surface area contributed by atoms with Gasteiger partial charge in [-0.25, -0.2) is 13.2 Å². The minimum Gasteiger partial charge on any atom is -0.491 e. The smallest absolute Gasteiger partial charge is 0.200 e. The van der Waals surface area contributed by atoms with Gasteiger partial charge in [0.15, 0.2) is 23.2 Å². The molecule has 4 rings (SSSR count). The van der Waals surface area contributed by atoms with E-state index >= 15 is 0 Å². The summed E-state index contributed by atoms with van der Waals surface area (Å²) < 4.78 is 69.3. The third-order valence-corrected chi connectivity index (χ3v) is 7.61. The maximum Gasteiger partial charge on any atom is 0.200 e. The van der Waals surface area contributed by atoms with Gasteiger partial charge in [0.2, 0.25) is 5.82 Å². The first-order valence-electron chi connectivity index (χ1n) is 12.6. The molecule has 2 aliphatic rings. The summed E-state index contributed by atoms with van der Waals surface area (Å²) in [6.45, 7) is 4.20. The predicted molar refractivity (Wildman–Crippen MR) is 124 cm³/mol. The van der Waals surface area contributed by atoms with Crippen LogP contribution >= 0.6 is 0 Å². The Hall–Kier alpha value is -2.08. The molecule has 0 aliphatic heterocycles. The van der Waals surface area contributed by atoms with Crippen molar-refractivity contribution in [3.8, 4) is 5.75 Å². The van der Waals surface area contributed by atoms with Crippen LogP contribution in [0.2, 0.25) is 0 Å². The fraction of sp³-hybridized carbons (Fsp3) is 0.571. The fourth-order valence-electron chi connectivity index (χ4n) is 5.48. The largest absolute Gasteiger partial charge is 0.491 e. The fourth-order valence-corrected chi connectivity index (χ4v) is 5.48. The maximum absolute atomic E-state index is 14.8. The van der Waals surface area contributed by atoms with Crippen LogP contribution in [0.3, 0.4) is 0 Å². The van der Waals surface area contributed by atoms with Crippen LogP contribution < -0.4 is 4.74 Å². The normalized spacial score (nSPS) is 25.4. The molecule has 2 fully saturated rings. The van der Waals surface area contributed by atoms with E-state index in [0.717, 1.165) is 25.7 Å². The molecule has 0 amide bonds. The zero-order chi connectivity index (χ0) is 24.2. The number of rotatable bonds is 7. The molecule has 0 radical (unpaired) electrons. The van der Waals surface area contributed by atoms with E-state index in [4.69, 9.17) is 9.47 Å². The van der Waals surface area contributed by atoms with E-state index < -0.39 is 23.3 Å². The van der Waals surface area contributed by atoms with Gasteiger partial charge in [0, 0.05) is 5.56 Å². The van der Waals surface area contributed by atoms with E-state index in [0.29, 0.717) is 42.7 Å². The molecule has 2 saturated carbocycles. The van der Waals surface area contributed by atoms with Gasteiger partial charge in [0.1, 0.15) is 0 Å². The summed E-state index contributed by atoms with van der Waals surface area (Å²) >= 11 is 0. The molecule has 186 valence electrons. The van der Waals surface area contributed by atoms with E-state index in [1.165, 1.54) is 6.07 Å². The minimum atomic E-state index is -0.943. The van der Waals surface area contributed by atoms with Crippen molar-refractivity contribution in [1.82, 2.24) is 0 Å². The van der Waals surface area contributed by atoms with Gasteiger partial charge in [-0.2, -0.15) is 4.39 Å². The highest BCUT2D eigenvalue weighted by molar-refractivity contribution is 5.33. The van der Waals surface area contributed by atoms with Gasteiger partial charge in [-0.05, 0) is 80.4 Å². The van der Waals surface area contributed by atoms with Crippen molar-refractivity contribution in [3.05, 3.63) is 64.2 Å². The average molecular weight is 479 g/mol. The van der Waals surface area contributed by atoms with Gasteiger partial charge in [-0.3, -0.25) is 0 Å². The molecule has 0 spiro atoms. The summed E-state index contributed by atoms with van der Waals surface area (Å²) in [7, 11) is 0. The number of benzene rings is 2. The van der Waals surface area contributed by atoms with Crippen molar-refractivity contribution in [2.45, 2.75) is 89.8 Å². The van der Waals surface area contributed by atoms with Crippen molar-refractivity contribution in [2.24, 2.45) is 5.92 Å². The maximum atomic E-state index is 14.8. The van der Waals surface area contributed by atoms with E-state index in [-0.39, 0.29) is 42.5 Å². The lowest BCUT2D eigenvalue weighted by atomic mass is 9.79.